The van der Waals surface area contributed by atoms with Gasteiger partial charge in [-0.3, -0.25) is 19.7 Å². The van der Waals surface area contributed by atoms with Gasteiger partial charge in [0.1, 0.15) is 30.4 Å². The Hall–Kier alpha value is -3.97. The molecule has 37 heavy (non-hydrogen) atoms. The summed E-state index contributed by atoms with van der Waals surface area (Å²) in [5.74, 6) is -1.42. The Morgan fingerprint density at radius 3 is 2.16 bits per heavy atom. The van der Waals surface area contributed by atoms with E-state index in [9.17, 15) is 35.5 Å². The van der Waals surface area contributed by atoms with E-state index in [1.807, 2.05) is 0 Å². The molecule has 0 bridgehead atoms. The molecule has 1 N–H and O–H groups in total. The minimum Gasteiger partial charge on any atom is -0.488 e. The summed E-state index contributed by atoms with van der Waals surface area (Å²) in [6.07, 6.45) is -6.60. The highest BCUT2D eigenvalue weighted by atomic mass is 19.4. The van der Waals surface area contributed by atoms with Crippen molar-refractivity contribution in [3.8, 4) is 22.9 Å². The number of aromatic nitrogens is 3. The van der Waals surface area contributed by atoms with E-state index in [0.717, 1.165) is 6.07 Å². The van der Waals surface area contributed by atoms with Crippen LogP contribution in [-0.4, -0.2) is 46.9 Å². The normalized spacial score (nSPS) is 12.5. The maximum atomic E-state index is 13.3. The second-order valence-electron chi connectivity index (χ2n) is 7.51. The van der Waals surface area contributed by atoms with E-state index in [-0.39, 0.29) is 22.8 Å². The van der Waals surface area contributed by atoms with Crippen LogP contribution in [0.15, 0.2) is 48.9 Å². The summed E-state index contributed by atoms with van der Waals surface area (Å²) >= 11 is 0. The van der Waals surface area contributed by atoms with Crippen molar-refractivity contribution in [2.45, 2.75) is 32.0 Å². The van der Waals surface area contributed by atoms with Crippen LogP contribution >= 0.6 is 0 Å². The minimum absolute atomic E-state index is 0.0882. The SMILES string of the molecule is CC(NC(=O)c1cc(OCC(F)F)cc(C(F)(F)F)c1)c1nccnc1-c1ccc(OCC(F)F)cn1. The van der Waals surface area contributed by atoms with Crippen LogP contribution < -0.4 is 14.8 Å². The first kappa shape index (κ1) is 27.6. The fraction of sp³-hybridized carbons (Fsp3) is 0.304. The number of nitrogens with one attached hydrogen (secondary N) is 1. The van der Waals surface area contributed by atoms with Crippen molar-refractivity contribution in [3.63, 3.8) is 0 Å². The van der Waals surface area contributed by atoms with Gasteiger partial charge in [0.05, 0.1) is 29.2 Å². The summed E-state index contributed by atoms with van der Waals surface area (Å²) in [5, 5.41) is 2.49. The molecular weight excluding hydrogens is 513 g/mol. The molecule has 0 saturated heterocycles. The number of pyridine rings is 1. The maximum absolute atomic E-state index is 13.3. The van der Waals surface area contributed by atoms with Gasteiger partial charge in [0.25, 0.3) is 18.8 Å². The Balaban J connectivity index is 1.83. The Morgan fingerprint density at radius 2 is 1.57 bits per heavy atom. The van der Waals surface area contributed by atoms with Crippen LogP contribution in [0, 0.1) is 0 Å². The molecule has 1 unspecified atom stereocenters. The van der Waals surface area contributed by atoms with Gasteiger partial charge in [-0.1, -0.05) is 0 Å². The molecular formula is C23H19F7N4O3. The van der Waals surface area contributed by atoms with E-state index < -0.39 is 61.1 Å². The predicted molar refractivity (Wildman–Crippen MR) is 116 cm³/mol. The molecule has 14 heteroatoms. The first-order valence-electron chi connectivity index (χ1n) is 10.6. The van der Waals surface area contributed by atoms with Gasteiger partial charge < -0.3 is 14.8 Å². The first-order chi connectivity index (χ1) is 17.4. The quantitative estimate of drug-likeness (QED) is 0.355. The summed E-state index contributed by atoms with van der Waals surface area (Å²) in [4.78, 5) is 25.2. The average Bonchev–Trinajstić information content (AvgIpc) is 2.85. The molecule has 0 spiro atoms. The lowest BCUT2D eigenvalue weighted by molar-refractivity contribution is -0.137. The molecule has 1 atom stereocenters. The molecule has 0 saturated carbocycles. The van der Waals surface area contributed by atoms with Crippen molar-refractivity contribution in [2.75, 3.05) is 13.2 Å². The Labute approximate surface area is 205 Å². The number of rotatable bonds is 10. The monoisotopic (exact) mass is 532 g/mol. The molecule has 0 radical (unpaired) electrons. The Bertz CT molecular complexity index is 1210. The number of ether oxygens (including phenoxy) is 2. The topological polar surface area (TPSA) is 86.2 Å². The zero-order valence-corrected chi connectivity index (χ0v) is 19.0. The second-order valence-corrected chi connectivity index (χ2v) is 7.51. The summed E-state index contributed by atoms with van der Waals surface area (Å²) in [5.41, 5.74) is -1.06. The molecule has 0 aliphatic carbocycles. The first-order valence-corrected chi connectivity index (χ1v) is 10.6. The van der Waals surface area contributed by atoms with E-state index >= 15 is 0 Å². The zero-order chi connectivity index (χ0) is 27.2. The molecule has 7 nitrogen and oxygen atoms in total. The number of hydrogen-bond acceptors (Lipinski definition) is 6. The smallest absolute Gasteiger partial charge is 0.416 e. The van der Waals surface area contributed by atoms with Gasteiger partial charge >= 0.3 is 6.18 Å². The Morgan fingerprint density at radius 1 is 0.919 bits per heavy atom. The number of benzene rings is 1. The van der Waals surface area contributed by atoms with Gasteiger partial charge in [-0.2, -0.15) is 13.2 Å². The molecule has 3 rings (SSSR count). The van der Waals surface area contributed by atoms with Gasteiger partial charge in [-0.25, -0.2) is 17.6 Å². The van der Waals surface area contributed by atoms with Crippen molar-refractivity contribution >= 4 is 5.91 Å². The molecule has 0 aliphatic rings. The number of hydrogen-bond donors (Lipinski definition) is 1. The number of amides is 1. The third-order valence-corrected chi connectivity index (χ3v) is 4.71. The van der Waals surface area contributed by atoms with E-state index in [2.05, 4.69) is 25.0 Å². The maximum Gasteiger partial charge on any atom is 0.416 e. The highest BCUT2D eigenvalue weighted by Crippen LogP contribution is 2.33. The fourth-order valence-corrected chi connectivity index (χ4v) is 3.11. The van der Waals surface area contributed by atoms with Crippen molar-refractivity contribution in [2.24, 2.45) is 0 Å². The number of halogens is 7. The predicted octanol–water partition coefficient (Wildman–Crippen LogP) is 5.34. The van der Waals surface area contributed by atoms with Crippen LogP contribution in [0.2, 0.25) is 0 Å². The Kier molecular flexibility index (Phi) is 8.84. The molecule has 0 aliphatic heterocycles. The highest BCUT2D eigenvalue weighted by Gasteiger charge is 2.32. The lowest BCUT2D eigenvalue weighted by Gasteiger charge is -2.17. The number of nitrogens with zero attached hydrogens (tertiary/aromatic N) is 3. The zero-order valence-electron chi connectivity index (χ0n) is 19.0. The fourth-order valence-electron chi connectivity index (χ4n) is 3.11. The van der Waals surface area contributed by atoms with E-state index in [4.69, 9.17) is 4.74 Å². The molecule has 1 aromatic carbocycles. The summed E-state index contributed by atoms with van der Waals surface area (Å²) in [7, 11) is 0. The summed E-state index contributed by atoms with van der Waals surface area (Å²) < 4.78 is 99.0. The van der Waals surface area contributed by atoms with Crippen LogP contribution in [0.25, 0.3) is 11.4 Å². The largest absolute Gasteiger partial charge is 0.488 e. The molecule has 1 amide bonds. The second kappa shape index (κ2) is 11.8. The van der Waals surface area contributed by atoms with Crippen LogP contribution in [-0.2, 0) is 6.18 Å². The van der Waals surface area contributed by atoms with Crippen LogP contribution in [0.1, 0.15) is 34.6 Å². The van der Waals surface area contributed by atoms with E-state index in [1.165, 1.54) is 37.6 Å². The van der Waals surface area contributed by atoms with E-state index in [1.54, 1.807) is 0 Å². The van der Waals surface area contributed by atoms with Gasteiger partial charge in [0, 0.05) is 18.0 Å². The lowest BCUT2D eigenvalue weighted by Crippen LogP contribution is -2.28. The lowest BCUT2D eigenvalue weighted by atomic mass is 10.1. The van der Waals surface area contributed by atoms with Crippen LogP contribution in [0.3, 0.4) is 0 Å². The third-order valence-electron chi connectivity index (χ3n) is 4.71. The van der Waals surface area contributed by atoms with Gasteiger partial charge in [0.2, 0.25) is 0 Å². The van der Waals surface area contributed by atoms with Gasteiger partial charge in [-0.15, -0.1) is 0 Å². The van der Waals surface area contributed by atoms with E-state index in [0.29, 0.717) is 12.1 Å². The molecule has 3 aromatic rings. The molecule has 198 valence electrons. The summed E-state index contributed by atoms with van der Waals surface area (Å²) in [6.45, 7) is -0.473. The minimum atomic E-state index is -4.86. The average molecular weight is 532 g/mol. The highest BCUT2D eigenvalue weighted by molar-refractivity contribution is 5.95. The van der Waals surface area contributed by atoms with Crippen molar-refractivity contribution in [3.05, 3.63) is 65.7 Å². The van der Waals surface area contributed by atoms with Crippen molar-refractivity contribution < 1.29 is 45.0 Å². The summed E-state index contributed by atoms with van der Waals surface area (Å²) in [6, 6.07) is 3.92. The third kappa shape index (κ3) is 7.75. The molecule has 0 fully saturated rings. The standard InChI is InChI=1S/C23H19F7N4O3/c1-12(20-21(32-5-4-31-20)17-3-2-15(9-33-17)36-10-18(24)25)34-22(35)13-6-14(23(28,29)30)8-16(7-13)37-11-19(26)27/h2-9,12,18-19H,10-11H2,1H3,(H,34,35). The van der Waals surface area contributed by atoms with Gasteiger partial charge in [-0.05, 0) is 37.3 Å². The van der Waals surface area contributed by atoms with Crippen molar-refractivity contribution in [1.82, 2.24) is 20.3 Å². The van der Waals surface area contributed by atoms with Crippen molar-refractivity contribution in [1.29, 1.82) is 0 Å². The number of carbonyl (C=O) groups excluding carboxylic acids is 1. The molecule has 2 aromatic heterocycles. The number of carbonyl (C=O) groups is 1. The number of alkyl halides is 7. The van der Waals surface area contributed by atoms with Gasteiger partial charge in [0.15, 0.2) is 0 Å². The van der Waals surface area contributed by atoms with Crippen LogP contribution in [0.4, 0.5) is 30.7 Å². The molecule has 2 heterocycles. The van der Waals surface area contributed by atoms with Crippen LogP contribution in [0.5, 0.6) is 11.5 Å².